The molecule has 0 atom stereocenters. The minimum absolute atomic E-state index is 0.237. The molecule has 9 heteroatoms. The van der Waals surface area contributed by atoms with E-state index in [2.05, 4.69) is 10.3 Å². The van der Waals surface area contributed by atoms with Gasteiger partial charge in [-0.15, -0.1) is 11.3 Å². The monoisotopic (exact) mass is 455 g/mol. The third-order valence-corrected chi connectivity index (χ3v) is 6.32. The van der Waals surface area contributed by atoms with Crippen LogP contribution in [-0.4, -0.2) is 32.6 Å². The molecule has 1 aromatic heterocycles. The van der Waals surface area contributed by atoms with Gasteiger partial charge in [-0.1, -0.05) is 72.5 Å². The van der Waals surface area contributed by atoms with Gasteiger partial charge in [0.15, 0.2) is 5.13 Å². The highest BCUT2D eigenvalue weighted by molar-refractivity contribution is 8.26. The van der Waals surface area contributed by atoms with Gasteiger partial charge in [0.25, 0.3) is 5.91 Å². The number of nitrogens with one attached hydrogen (secondary N) is 1. The average molecular weight is 456 g/mol. The summed E-state index contributed by atoms with van der Waals surface area (Å²) in [6.45, 7) is -0.237. The van der Waals surface area contributed by atoms with Crippen LogP contribution in [0.25, 0.3) is 17.3 Å². The van der Waals surface area contributed by atoms with Crippen molar-refractivity contribution in [3.63, 3.8) is 0 Å². The first-order chi connectivity index (χ1) is 14.5. The number of nitrogens with zero attached hydrogens (tertiary/aromatic N) is 2. The van der Waals surface area contributed by atoms with E-state index in [0.29, 0.717) is 10.7 Å². The van der Waals surface area contributed by atoms with Crippen molar-refractivity contribution in [1.29, 1.82) is 0 Å². The highest BCUT2D eigenvalue weighted by atomic mass is 32.2. The van der Waals surface area contributed by atoms with E-state index < -0.39 is 17.6 Å². The van der Waals surface area contributed by atoms with Gasteiger partial charge in [0.05, 0.1) is 10.6 Å². The summed E-state index contributed by atoms with van der Waals surface area (Å²) in [6.07, 6.45) is 1.44. The Hall–Kier alpha value is -2.88. The maximum absolute atomic E-state index is 13.9. The lowest BCUT2D eigenvalue weighted by Crippen LogP contribution is -2.36. The largest absolute Gasteiger partial charge is 0.300 e. The molecule has 0 aliphatic carbocycles. The van der Waals surface area contributed by atoms with E-state index in [1.165, 1.54) is 28.4 Å². The standard InChI is InChI=1S/C21H14FN3O2S3/c22-15-9-5-4-8-14(15)10-17-19(27)25(21(28)30-17)11-18(26)24-20-23-16(12-29-20)13-6-2-1-3-7-13/h1-10,12H,11H2,(H,23,24,26). The van der Waals surface area contributed by atoms with Crippen LogP contribution in [0.15, 0.2) is 64.9 Å². The van der Waals surface area contributed by atoms with Gasteiger partial charge in [-0.05, 0) is 12.1 Å². The summed E-state index contributed by atoms with van der Waals surface area (Å²) in [4.78, 5) is 31.0. The molecule has 2 heterocycles. The van der Waals surface area contributed by atoms with Crippen molar-refractivity contribution in [2.24, 2.45) is 0 Å². The third-order valence-electron chi connectivity index (χ3n) is 4.19. The smallest absolute Gasteiger partial charge is 0.266 e. The SMILES string of the molecule is O=C(CN1C(=O)C(=Cc2ccccc2F)SC1=S)Nc1nc(-c2ccccc2)cs1. The molecule has 0 bridgehead atoms. The topological polar surface area (TPSA) is 62.3 Å². The van der Waals surface area contributed by atoms with Crippen molar-refractivity contribution in [1.82, 2.24) is 9.88 Å². The molecule has 4 rings (SSSR count). The summed E-state index contributed by atoms with van der Waals surface area (Å²) < 4.78 is 14.1. The number of carbonyl (C=O) groups is 2. The van der Waals surface area contributed by atoms with Crippen LogP contribution < -0.4 is 5.32 Å². The number of hydrogen-bond donors (Lipinski definition) is 1. The Morgan fingerprint density at radius 3 is 2.67 bits per heavy atom. The summed E-state index contributed by atoms with van der Waals surface area (Å²) in [6, 6.07) is 15.8. The fourth-order valence-corrected chi connectivity index (χ4v) is 4.73. The predicted molar refractivity (Wildman–Crippen MR) is 122 cm³/mol. The summed E-state index contributed by atoms with van der Waals surface area (Å²) in [5.41, 5.74) is 2.00. The fourth-order valence-electron chi connectivity index (χ4n) is 2.74. The van der Waals surface area contributed by atoms with Crippen molar-refractivity contribution in [2.45, 2.75) is 0 Å². The molecule has 30 heavy (non-hydrogen) atoms. The summed E-state index contributed by atoms with van der Waals surface area (Å²) in [7, 11) is 0. The number of halogens is 1. The number of benzene rings is 2. The van der Waals surface area contributed by atoms with Gasteiger partial charge >= 0.3 is 0 Å². The summed E-state index contributed by atoms with van der Waals surface area (Å²) >= 11 is 7.58. The van der Waals surface area contributed by atoms with Crippen LogP contribution in [0.1, 0.15) is 5.56 Å². The van der Waals surface area contributed by atoms with Crippen LogP contribution in [0.4, 0.5) is 9.52 Å². The molecule has 5 nitrogen and oxygen atoms in total. The van der Waals surface area contributed by atoms with Crippen molar-refractivity contribution < 1.29 is 14.0 Å². The van der Waals surface area contributed by atoms with E-state index in [1.54, 1.807) is 18.2 Å². The fraction of sp³-hybridized carbons (Fsp3) is 0.0476. The Morgan fingerprint density at radius 2 is 1.90 bits per heavy atom. The number of thiazole rings is 1. The molecular weight excluding hydrogens is 441 g/mol. The lowest BCUT2D eigenvalue weighted by Gasteiger charge is -2.13. The van der Waals surface area contributed by atoms with Crippen molar-refractivity contribution >= 4 is 62.7 Å². The first-order valence-corrected chi connectivity index (χ1v) is 10.9. The highest BCUT2D eigenvalue weighted by Crippen LogP contribution is 2.33. The highest BCUT2D eigenvalue weighted by Gasteiger charge is 2.33. The molecule has 0 radical (unpaired) electrons. The van der Waals surface area contributed by atoms with Crippen LogP contribution in [0.2, 0.25) is 0 Å². The maximum Gasteiger partial charge on any atom is 0.266 e. The van der Waals surface area contributed by atoms with Gasteiger partial charge in [-0.2, -0.15) is 0 Å². The maximum atomic E-state index is 13.9. The Labute approximate surface area is 185 Å². The normalized spacial score (nSPS) is 15.1. The number of anilines is 1. The number of thiocarbonyl (C=S) groups is 1. The quantitative estimate of drug-likeness (QED) is 0.443. The second kappa shape index (κ2) is 8.86. The van der Waals surface area contributed by atoms with Crippen molar-refractivity contribution in [2.75, 3.05) is 11.9 Å². The molecule has 2 aromatic carbocycles. The van der Waals surface area contributed by atoms with Crippen LogP contribution >= 0.6 is 35.3 Å². The lowest BCUT2D eigenvalue weighted by molar-refractivity contribution is -0.126. The third kappa shape index (κ3) is 4.48. The average Bonchev–Trinajstić information content (AvgIpc) is 3.30. The number of carbonyl (C=O) groups excluding carboxylic acids is 2. The van der Waals surface area contributed by atoms with E-state index in [0.717, 1.165) is 23.0 Å². The van der Waals surface area contributed by atoms with Gasteiger partial charge in [0.2, 0.25) is 5.91 Å². The van der Waals surface area contributed by atoms with Gasteiger partial charge < -0.3 is 5.32 Å². The summed E-state index contributed by atoms with van der Waals surface area (Å²) in [5, 5.41) is 4.99. The Kier molecular flexibility index (Phi) is 6.03. The van der Waals surface area contributed by atoms with Gasteiger partial charge in [0.1, 0.15) is 16.7 Å². The van der Waals surface area contributed by atoms with E-state index >= 15 is 0 Å². The minimum atomic E-state index is -0.432. The molecular formula is C21H14FN3O2S3. The number of thioether (sulfide) groups is 1. The van der Waals surface area contributed by atoms with Gasteiger partial charge in [-0.3, -0.25) is 14.5 Å². The van der Waals surface area contributed by atoms with E-state index in [9.17, 15) is 14.0 Å². The van der Waals surface area contributed by atoms with Crippen LogP contribution in [0.3, 0.4) is 0 Å². The minimum Gasteiger partial charge on any atom is -0.300 e. The molecule has 1 fully saturated rings. The van der Waals surface area contributed by atoms with Gasteiger partial charge in [0, 0.05) is 16.5 Å². The van der Waals surface area contributed by atoms with E-state index in [1.807, 2.05) is 35.7 Å². The molecule has 1 aliphatic heterocycles. The van der Waals surface area contributed by atoms with Crippen molar-refractivity contribution in [3.05, 3.63) is 76.3 Å². The Bertz CT molecular complexity index is 1160. The zero-order chi connectivity index (χ0) is 21.1. The van der Waals surface area contributed by atoms with Gasteiger partial charge in [-0.25, -0.2) is 9.37 Å². The molecule has 150 valence electrons. The number of hydrogen-bond acceptors (Lipinski definition) is 6. The first-order valence-electron chi connectivity index (χ1n) is 8.82. The lowest BCUT2D eigenvalue weighted by atomic mass is 10.2. The second-order valence-corrected chi connectivity index (χ2v) is 8.78. The zero-order valence-electron chi connectivity index (χ0n) is 15.4. The number of rotatable bonds is 5. The molecule has 1 N–H and O–H groups in total. The van der Waals surface area contributed by atoms with Crippen LogP contribution in [-0.2, 0) is 9.59 Å². The molecule has 0 spiro atoms. The van der Waals surface area contributed by atoms with Crippen molar-refractivity contribution in [3.8, 4) is 11.3 Å². The predicted octanol–water partition coefficient (Wildman–Crippen LogP) is 4.79. The van der Waals surface area contributed by atoms with Crippen LogP contribution in [0.5, 0.6) is 0 Å². The van der Waals surface area contributed by atoms with E-state index in [-0.39, 0.29) is 15.8 Å². The Morgan fingerprint density at radius 1 is 1.17 bits per heavy atom. The molecule has 3 aromatic rings. The zero-order valence-corrected chi connectivity index (χ0v) is 17.8. The van der Waals surface area contributed by atoms with Crippen LogP contribution in [0, 0.1) is 5.82 Å². The van der Waals surface area contributed by atoms with E-state index in [4.69, 9.17) is 12.2 Å². The second-order valence-electron chi connectivity index (χ2n) is 6.24. The molecule has 0 saturated carbocycles. The molecule has 2 amide bonds. The number of amides is 2. The first kappa shape index (κ1) is 20.4. The summed E-state index contributed by atoms with van der Waals surface area (Å²) in [5.74, 6) is -1.27. The molecule has 1 aliphatic rings. The molecule has 1 saturated heterocycles. The Balaban J connectivity index is 1.42. The molecule has 0 unspecified atom stereocenters. The number of aromatic nitrogens is 1.